The molecule has 2 fully saturated rings. The van der Waals surface area contributed by atoms with Gasteiger partial charge >= 0.3 is 0 Å². The molecule has 2 aliphatic rings. The lowest BCUT2D eigenvalue weighted by atomic mass is 9.94. The first-order valence-electron chi connectivity index (χ1n) is 5.79. The highest BCUT2D eigenvalue weighted by Gasteiger charge is 2.65. The fourth-order valence-electron chi connectivity index (χ4n) is 3.26. The predicted molar refractivity (Wildman–Crippen MR) is 62.7 cm³/mol. The number of hydrogen-bond donors (Lipinski definition) is 2. The quantitative estimate of drug-likeness (QED) is 0.457. The zero-order chi connectivity index (χ0) is 11.0. The van der Waals surface area contributed by atoms with E-state index < -0.39 is 0 Å². The fourth-order valence-corrected chi connectivity index (χ4v) is 3.26. The van der Waals surface area contributed by atoms with Gasteiger partial charge in [0.2, 0.25) is 0 Å². The summed E-state index contributed by atoms with van der Waals surface area (Å²) in [5.74, 6) is 1.11. The molecule has 1 aliphatic heterocycles. The molecule has 84 valence electrons. The SMILES string of the molecule is ON=C[C@H]1[C@@H]2CNC[C@]12Cc1ccccc1. The largest absolute Gasteiger partial charge is 0.411 e. The first kappa shape index (κ1) is 9.85. The van der Waals surface area contributed by atoms with Crippen molar-refractivity contribution in [2.45, 2.75) is 6.42 Å². The van der Waals surface area contributed by atoms with Gasteiger partial charge in [-0.3, -0.25) is 0 Å². The van der Waals surface area contributed by atoms with Crippen LogP contribution in [-0.4, -0.2) is 24.5 Å². The van der Waals surface area contributed by atoms with Crippen LogP contribution in [0.4, 0.5) is 0 Å². The van der Waals surface area contributed by atoms with E-state index >= 15 is 0 Å². The molecule has 1 saturated heterocycles. The van der Waals surface area contributed by atoms with Crippen LogP contribution in [0.3, 0.4) is 0 Å². The molecule has 3 heteroatoms. The van der Waals surface area contributed by atoms with Crippen molar-refractivity contribution in [1.82, 2.24) is 5.32 Å². The maximum absolute atomic E-state index is 8.66. The summed E-state index contributed by atoms with van der Waals surface area (Å²) in [6, 6.07) is 10.6. The number of oxime groups is 1. The Kier molecular flexibility index (Phi) is 2.21. The Morgan fingerprint density at radius 3 is 3.00 bits per heavy atom. The lowest BCUT2D eigenvalue weighted by molar-refractivity contribution is 0.318. The van der Waals surface area contributed by atoms with E-state index in [1.807, 2.05) is 6.07 Å². The zero-order valence-corrected chi connectivity index (χ0v) is 9.13. The van der Waals surface area contributed by atoms with Crippen molar-refractivity contribution < 1.29 is 5.21 Å². The summed E-state index contributed by atoms with van der Waals surface area (Å²) in [6.07, 6.45) is 2.80. The normalized spacial score (nSPS) is 36.5. The fraction of sp³-hybridized carbons (Fsp3) is 0.462. The third kappa shape index (κ3) is 1.35. The monoisotopic (exact) mass is 216 g/mol. The zero-order valence-electron chi connectivity index (χ0n) is 9.13. The van der Waals surface area contributed by atoms with E-state index in [1.54, 1.807) is 6.21 Å². The Morgan fingerprint density at radius 2 is 2.25 bits per heavy atom. The number of rotatable bonds is 3. The summed E-state index contributed by atoms with van der Waals surface area (Å²) >= 11 is 0. The second kappa shape index (κ2) is 3.59. The van der Waals surface area contributed by atoms with Crippen molar-refractivity contribution in [3.8, 4) is 0 Å². The Labute approximate surface area is 95.2 Å². The molecule has 1 aromatic rings. The number of piperidine rings is 1. The second-order valence-corrected chi connectivity index (χ2v) is 4.92. The van der Waals surface area contributed by atoms with Gasteiger partial charge in [0, 0.05) is 18.7 Å². The van der Waals surface area contributed by atoms with Gasteiger partial charge in [0.05, 0.1) is 0 Å². The molecular formula is C13H16N2O. The second-order valence-electron chi connectivity index (χ2n) is 4.92. The molecule has 0 spiro atoms. The van der Waals surface area contributed by atoms with Gasteiger partial charge in [0.1, 0.15) is 0 Å². The lowest BCUT2D eigenvalue weighted by Gasteiger charge is -2.13. The molecule has 1 aromatic carbocycles. The van der Waals surface area contributed by atoms with E-state index in [0.717, 1.165) is 19.5 Å². The van der Waals surface area contributed by atoms with Crippen LogP contribution in [0.25, 0.3) is 0 Å². The molecule has 0 unspecified atom stereocenters. The van der Waals surface area contributed by atoms with Crippen molar-refractivity contribution in [2.75, 3.05) is 13.1 Å². The first-order valence-corrected chi connectivity index (χ1v) is 5.79. The van der Waals surface area contributed by atoms with Crippen molar-refractivity contribution in [3.63, 3.8) is 0 Å². The van der Waals surface area contributed by atoms with E-state index in [1.165, 1.54) is 5.56 Å². The topological polar surface area (TPSA) is 44.6 Å². The molecule has 3 nitrogen and oxygen atoms in total. The third-order valence-corrected chi connectivity index (χ3v) is 4.15. The Bertz CT molecular complexity index is 404. The predicted octanol–water partition coefficient (Wildman–Crippen LogP) is 1.52. The summed E-state index contributed by atoms with van der Waals surface area (Å²) in [6.45, 7) is 2.10. The van der Waals surface area contributed by atoms with Gasteiger partial charge < -0.3 is 10.5 Å². The molecule has 3 atom stereocenters. The van der Waals surface area contributed by atoms with E-state index in [0.29, 0.717) is 17.3 Å². The number of nitrogens with one attached hydrogen (secondary N) is 1. The summed E-state index contributed by atoms with van der Waals surface area (Å²) in [7, 11) is 0. The van der Waals surface area contributed by atoms with Crippen molar-refractivity contribution in [1.29, 1.82) is 0 Å². The molecule has 1 heterocycles. The van der Waals surface area contributed by atoms with Gasteiger partial charge in [-0.1, -0.05) is 30.3 Å². The molecule has 16 heavy (non-hydrogen) atoms. The van der Waals surface area contributed by atoms with Crippen LogP contribution in [0.2, 0.25) is 0 Å². The average molecular weight is 216 g/mol. The Balaban J connectivity index is 1.79. The minimum Gasteiger partial charge on any atom is -0.411 e. The highest BCUT2D eigenvalue weighted by molar-refractivity contribution is 5.68. The van der Waals surface area contributed by atoms with Crippen LogP contribution in [0.15, 0.2) is 35.5 Å². The number of fused-ring (bicyclic) bond motifs is 1. The van der Waals surface area contributed by atoms with Crippen LogP contribution in [0, 0.1) is 17.3 Å². The highest BCUT2D eigenvalue weighted by atomic mass is 16.4. The Hall–Kier alpha value is -1.35. The van der Waals surface area contributed by atoms with Crippen molar-refractivity contribution in [3.05, 3.63) is 35.9 Å². The van der Waals surface area contributed by atoms with Crippen LogP contribution in [-0.2, 0) is 6.42 Å². The maximum Gasteiger partial charge on any atom is 0.0476 e. The summed E-state index contributed by atoms with van der Waals surface area (Å²) in [5, 5.41) is 15.3. The van der Waals surface area contributed by atoms with Crippen molar-refractivity contribution in [2.24, 2.45) is 22.4 Å². The van der Waals surface area contributed by atoms with E-state index in [-0.39, 0.29) is 0 Å². The van der Waals surface area contributed by atoms with Crippen LogP contribution in [0.1, 0.15) is 5.56 Å². The van der Waals surface area contributed by atoms with Crippen LogP contribution < -0.4 is 5.32 Å². The standard InChI is InChI=1S/C13H16N2O/c16-15-8-12-11-7-14-9-13(11,12)6-10-4-2-1-3-5-10/h1-5,8,11-12,14,16H,6-7,9H2/t11-,12-,13-/m0/s1. The van der Waals surface area contributed by atoms with E-state index in [4.69, 9.17) is 5.21 Å². The Morgan fingerprint density at radius 1 is 1.44 bits per heavy atom. The van der Waals surface area contributed by atoms with Gasteiger partial charge in [-0.2, -0.15) is 0 Å². The molecule has 0 aromatic heterocycles. The molecule has 3 rings (SSSR count). The molecule has 0 amide bonds. The van der Waals surface area contributed by atoms with Gasteiger partial charge in [-0.15, -0.1) is 5.16 Å². The van der Waals surface area contributed by atoms with Crippen LogP contribution in [0.5, 0.6) is 0 Å². The minimum atomic E-state index is 0.313. The van der Waals surface area contributed by atoms with Gasteiger partial charge in [0.25, 0.3) is 0 Å². The molecule has 1 saturated carbocycles. The first-order chi connectivity index (χ1) is 7.87. The van der Waals surface area contributed by atoms with Gasteiger partial charge in [-0.25, -0.2) is 0 Å². The third-order valence-electron chi connectivity index (χ3n) is 4.15. The smallest absolute Gasteiger partial charge is 0.0476 e. The highest BCUT2D eigenvalue weighted by Crippen LogP contribution is 2.61. The number of benzene rings is 1. The van der Waals surface area contributed by atoms with Crippen LogP contribution >= 0.6 is 0 Å². The van der Waals surface area contributed by atoms with E-state index in [2.05, 4.69) is 34.7 Å². The summed E-state index contributed by atoms with van der Waals surface area (Å²) in [5.41, 5.74) is 1.69. The van der Waals surface area contributed by atoms with Gasteiger partial charge in [-0.05, 0) is 29.9 Å². The molecule has 2 N–H and O–H groups in total. The maximum atomic E-state index is 8.66. The number of hydrogen-bond acceptors (Lipinski definition) is 3. The average Bonchev–Trinajstić information content (AvgIpc) is 2.71. The lowest BCUT2D eigenvalue weighted by Crippen LogP contribution is -2.22. The molecule has 0 radical (unpaired) electrons. The molecule has 1 aliphatic carbocycles. The van der Waals surface area contributed by atoms with E-state index in [9.17, 15) is 0 Å². The minimum absolute atomic E-state index is 0.313. The summed E-state index contributed by atoms with van der Waals surface area (Å²) < 4.78 is 0. The molecule has 0 bridgehead atoms. The molecular weight excluding hydrogens is 200 g/mol. The summed E-state index contributed by atoms with van der Waals surface area (Å²) in [4.78, 5) is 0. The van der Waals surface area contributed by atoms with Crippen molar-refractivity contribution >= 4 is 6.21 Å². The van der Waals surface area contributed by atoms with Gasteiger partial charge in [0.15, 0.2) is 0 Å². The number of nitrogens with zero attached hydrogens (tertiary/aromatic N) is 1.